The van der Waals surface area contributed by atoms with Gasteiger partial charge in [-0.1, -0.05) is 13.8 Å². The molecule has 0 aliphatic carbocycles. The first-order valence-electron chi connectivity index (χ1n) is 7.83. The van der Waals surface area contributed by atoms with E-state index in [0.29, 0.717) is 17.0 Å². The SMILES string of the molecule is CC.CC(=O)Nc1cn2cc(-c3cnc(N)c(C(F)(F)F)c3)ccc2n1. The number of hydrogen-bond acceptors (Lipinski definition) is 4. The molecule has 0 aromatic carbocycles. The molecule has 3 rings (SSSR count). The number of nitrogen functional groups attached to an aromatic ring is 1. The first kappa shape index (κ1) is 19.2. The van der Waals surface area contributed by atoms with Crippen LogP contribution in [-0.2, 0) is 11.0 Å². The maximum Gasteiger partial charge on any atom is 0.419 e. The van der Waals surface area contributed by atoms with Crippen molar-refractivity contribution in [2.24, 2.45) is 0 Å². The lowest BCUT2D eigenvalue weighted by atomic mass is 10.1. The zero-order chi connectivity index (χ0) is 19.5. The maximum absolute atomic E-state index is 12.9. The van der Waals surface area contributed by atoms with Crippen LogP contribution in [0.1, 0.15) is 26.3 Å². The minimum Gasteiger partial charge on any atom is -0.383 e. The van der Waals surface area contributed by atoms with Gasteiger partial charge in [0.1, 0.15) is 11.5 Å². The number of carbonyl (C=O) groups excluding carboxylic acids is 1. The normalized spacial score (nSPS) is 11.0. The van der Waals surface area contributed by atoms with Gasteiger partial charge in [-0.15, -0.1) is 0 Å². The monoisotopic (exact) mass is 365 g/mol. The van der Waals surface area contributed by atoms with Gasteiger partial charge in [-0.05, 0) is 18.2 Å². The van der Waals surface area contributed by atoms with Gasteiger partial charge in [-0.25, -0.2) is 9.97 Å². The van der Waals surface area contributed by atoms with Crippen molar-refractivity contribution in [1.29, 1.82) is 0 Å². The van der Waals surface area contributed by atoms with E-state index in [4.69, 9.17) is 5.73 Å². The lowest BCUT2D eigenvalue weighted by Gasteiger charge is -2.11. The summed E-state index contributed by atoms with van der Waals surface area (Å²) in [5.74, 6) is -0.481. The third-order valence-corrected chi connectivity index (χ3v) is 3.31. The highest BCUT2D eigenvalue weighted by atomic mass is 19.4. The molecule has 1 amide bonds. The van der Waals surface area contributed by atoms with Gasteiger partial charge in [0.2, 0.25) is 5.91 Å². The number of hydrogen-bond donors (Lipinski definition) is 2. The zero-order valence-electron chi connectivity index (χ0n) is 14.4. The van der Waals surface area contributed by atoms with Crippen LogP contribution in [0.25, 0.3) is 16.8 Å². The molecule has 0 saturated carbocycles. The van der Waals surface area contributed by atoms with Gasteiger partial charge >= 0.3 is 6.18 Å². The van der Waals surface area contributed by atoms with Crippen LogP contribution < -0.4 is 11.1 Å². The Balaban J connectivity index is 0.00000117. The summed E-state index contributed by atoms with van der Waals surface area (Å²) in [6, 6.07) is 4.20. The van der Waals surface area contributed by atoms with Crippen molar-refractivity contribution in [3.8, 4) is 11.1 Å². The lowest BCUT2D eigenvalue weighted by Crippen LogP contribution is -2.10. The summed E-state index contributed by atoms with van der Waals surface area (Å²) >= 11 is 0. The second kappa shape index (κ2) is 7.42. The molecule has 0 aliphatic rings. The molecule has 0 atom stereocenters. The number of fused-ring (bicyclic) bond motifs is 1. The van der Waals surface area contributed by atoms with Crippen molar-refractivity contribution < 1.29 is 18.0 Å². The van der Waals surface area contributed by atoms with Crippen molar-refractivity contribution >= 4 is 23.2 Å². The fraction of sp³-hybridized carbons (Fsp3) is 0.235. The number of nitrogens with two attached hydrogens (primary N) is 1. The topological polar surface area (TPSA) is 85.3 Å². The van der Waals surface area contributed by atoms with E-state index in [1.54, 1.807) is 28.9 Å². The fourth-order valence-electron chi connectivity index (χ4n) is 2.26. The van der Waals surface area contributed by atoms with E-state index in [1.807, 2.05) is 13.8 Å². The minimum absolute atomic E-state index is 0.267. The average Bonchev–Trinajstić information content (AvgIpc) is 2.96. The highest BCUT2D eigenvalue weighted by molar-refractivity contribution is 5.87. The Morgan fingerprint density at radius 1 is 1.19 bits per heavy atom. The first-order chi connectivity index (χ1) is 12.2. The number of nitrogens with one attached hydrogen (secondary N) is 1. The van der Waals surface area contributed by atoms with Crippen LogP contribution in [0.2, 0.25) is 0 Å². The number of amides is 1. The summed E-state index contributed by atoms with van der Waals surface area (Å²) in [5, 5.41) is 2.54. The van der Waals surface area contributed by atoms with Crippen LogP contribution in [-0.4, -0.2) is 20.3 Å². The summed E-state index contributed by atoms with van der Waals surface area (Å²) in [4.78, 5) is 18.9. The molecule has 9 heteroatoms. The Hall–Kier alpha value is -3.10. The van der Waals surface area contributed by atoms with E-state index in [-0.39, 0.29) is 11.5 Å². The fourth-order valence-corrected chi connectivity index (χ4v) is 2.26. The molecule has 3 aromatic heterocycles. The molecular weight excluding hydrogens is 347 g/mol. The minimum atomic E-state index is -4.58. The molecule has 0 spiro atoms. The molecule has 3 N–H and O–H groups in total. The van der Waals surface area contributed by atoms with Crippen LogP contribution >= 0.6 is 0 Å². The molecule has 3 heterocycles. The van der Waals surface area contributed by atoms with Crippen LogP contribution in [0.5, 0.6) is 0 Å². The third kappa shape index (κ3) is 4.11. The number of alkyl halides is 3. The Bertz CT molecular complexity index is 934. The standard InChI is InChI=1S/C15H12F3N5O.C2H6/c1-8(24)21-12-7-23-6-9(2-3-13(23)22-12)10-4-11(15(16,17)18)14(19)20-5-10;1-2/h2-7H,1H3,(H2,19,20)(H,21,24);1-2H3. The van der Waals surface area contributed by atoms with Crippen LogP contribution in [0.15, 0.2) is 36.8 Å². The van der Waals surface area contributed by atoms with Crippen LogP contribution in [0, 0.1) is 0 Å². The van der Waals surface area contributed by atoms with Crippen LogP contribution in [0.3, 0.4) is 0 Å². The van der Waals surface area contributed by atoms with E-state index >= 15 is 0 Å². The molecule has 0 bridgehead atoms. The van der Waals surface area contributed by atoms with E-state index in [9.17, 15) is 18.0 Å². The summed E-state index contributed by atoms with van der Waals surface area (Å²) in [7, 11) is 0. The molecular formula is C17H18F3N5O. The number of rotatable bonds is 2. The van der Waals surface area contributed by atoms with Gasteiger partial charge in [0, 0.05) is 30.4 Å². The van der Waals surface area contributed by atoms with Crippen LogP contribution in [0.4, 0.5) is 24.8 Å². The summed E-state index contributed by atoms with van der Waals surface area (Å²) in [6.07, 6.45) is -0.140. The highest BCUT2D eigenvalue weighted by Gasteiger charge is 2.34. The van der Waals surface area contributed by atoms with Crippen molar-refractivity contribution in [2.75, 3.05) is 11.1 Å². The molecule has 0 fully saturated rings. The number of anilines is 2. The number of aromatic nitrogens is 3. The highest BCUT2D eigenvalue weighted by Crippen LogP contribution is 2.35. The van der Waals surface area contributed by atoms with Gasteiger partial charge in [-0.3, -0.25) is 4.79 Å². The maximum atomic E-state index is 12.9. The van der Waals surface area contributed by atoms with Crippen molar-refractivity contribution in [3.05, 3.63) is 42.4 Å². The molecule has 0 unspecified atom stereocenters. The molecule has 138 valence electrons. The summed E-state index contributed by atoms with van der Waals surface area (Å²) < 4.78 is 40.4. The molecule has 0 radical (unpaired) electrons. The predicted octanol–water partition coefficient (Wildman–Crippen LogP) is 3.98. The summed E-state index contributed by atoms with van der Waals surface area (Å²) in [6.45, 7) is 5.36. The van der Waals surface area contributed by atoms with Gasteiger partial charge in [0.05, 0.1) is 11.8 Å². The average molecular weight is 365 g/mol. The van der Waals surface area contributed by atoms with Crippen molar-refractivity contribution in [2.45, 2.75) is 26.9 Å². The number of pyridine rings is 2. The third-order valence-electron chi connectivity index (χ3n) is 3.31. The number of carbonyl (C=O) groups is 1. The smallest absolute Gasteiger partial charge is 0.383 e. The Morgan fingerprint density at radius 3 is 2.50 bits per heavy atom. The number of nitrogens with zero attached hydrogens (tertiary/aromatic N) is 3. The molecule has 26 heavy (non-hydrogen) atoms. The number of imidazole rings is 1. The van der Waals surface area contributed by atoms with Gasteiger partial charge in [-0.2, -0.15) is 13.2 Å². The number of halogens is 3. The van der Waals surface area contributed by atoms with E-state index in [0.717, 1.165) is 6.07 Å². The largest absolute Gasteiger partial charge is 0.419 e. The zero-order valence-corrected chi connectivity index (χ0v) is 14.4. The molecule has 6 nitrogen and oxygen atoms in total. The Kier molecular flexibility index (Phi) is 5.49. The van der Waals surface area contributed by atoms with Crippen molar-refractivity contribution in [1.82, 2.24) is 14.4 Å². The second-order valence-electron chi connectivity index (χ2n) is 5.15. The Morgan fingerprint density at radius 2 is 1.88 bits per heavy atom. The molecule has 0 aliphatic heterocycles. The predicted molar refractivity (Wildman–Crippen MR) is 93.5 cm³/mol. The van der Waals surface area contributed by atoms with Gasteiger partial charge in [0.15, 0.2) is 5.82 Å². The quantitative estimate of drug-likeness (QED) is 0.719. The van der Waals surface area contributed by atoms with Gasteiger partial charge in [0.25, 0.3) is 0 Å². The Labute approximate surface area is 147 Å². The van der Waals surface area contributed by atoms with Crippen molar-refractivity contribution in [3.63, 3.8) is 0 Å². The summed E-state index contributed by atoms with van der Waals surface area (Å²) in [5.41, 5.74) is 5.65. The second-order valence-corrected chi connectivity index (χ2v) is 5.15. The molecule has 3 aromatic rings. The van der Waals surface area contributed by atoms with E-state index in [1.165, 1.54) is 13.1 Å². The van der Waals surface area contributed by atoms with Gasteiger partial charge < -0.3 is 15.5 Å². The molecule has 0 saturated heterocycles. The van der Waals surface area contributed by atoms with E-state index < -0.39 is 17.6 Å². The van der Waals surface area contributed by atoms with E-state index in [2.05, 4.69) is 15.3 Å². The first-order valence-corrected chi connectivity index (χ1v) is 7.83. The lowest BCUT2D eigenvalue weighted by molar-refractivity contribution is -0.137.